The molecule has 1 saturated heterocycles. The van der Waals surface area contributed by atoms with Crippen molar-refractivity contribution in [3.8, 4) is 17.2 Å². The van der Waals surface area contributed by atoms with E-state index in [1.165, 1.54) is 0 Å². The van der Waals surface area contributed by atoms with Gasteiger partial charge in [0, 0.05) is 26.1 Å². The molecule has 1 amide bonds. The van der Waals surface area contributed by atoms with E-state index in [1.807, 2.05) is 17.0 Å². The molecule has 160 valence electrons. The Kier molecular flexibility index (Phi) is 11.0. The van der Waals surface area contributed by atoms with Crippen LogP contribution in [0.25, 0.3) is 0 Å². The smallest absolute Gasteiger partial charge is 0.222 e. The SMILES string of the molecule is COc1cc(CCC(=O)N2CCC(OCCCN)CC2)cc(OC)c1OC.Cl. The van der Waals surface area contributed by atoms with Crippen molar-refractivity contribution in [3.63, 3.8) is 0 Å². The van der Waals surface area contributed by atoms with Crippen molar-refractivity contribution in [2.45, 2.75) is 38.2 Å². The first-order valence-electron chi connectivity index (χ1n) is 9.51. The molecule has 1 fully saturated rings. The summed E-state index contributed by atoms with van der Waals surface area (Å²) < 4.78 is 21.9. The van der Waals surface area contributed by atoms with Gasteiger partial charge >= 0.3 is 0 Å². The van der Waals surface area contributed by atoms with Crippen LogP contribution in [0.1, 0.15) is 31.2 Å². The first kappa shape index (κ1) is 24.3. The monoisotopic (exact) mass is 416 g/mol. The molecule has 2 N–H and O–H groups in total. The van der Waals surface area contributed by atoms with Gasteiger partial charge in [0.2, 0.25) is 11.7 Å². The second kappa shape index (κ2) is 12.7. The number of amides is 1. The molecule has 1 aromatic rings. The van der Waals surface area contributed by atoms with Gasteiger partial charge in [0.1, 0.15) is 0 Å². The molecule has 7 nitrogen and oxygen atoms in total. The average molecular weight is 417 g/mol. The maximum atomic E-state index is 12.6. The largest absolute Gasteiger partial charge is 0.493 e. The number of carbonyl (C=O) groups excluding carboxylic acids is 1. The van der Waals surface area contributed by atoms with Crippen LogP contribution in [-0.4, -0.2) is 64.5 Å². The predicted octanol–water partition coefficient (Wildman–Crippen LogP) is 2.42. The number of hydrogen-bond acceptors (Lipinski definition) is 6. The lowest BCUT2D eigenvalue weighted by molar-refractivity contribution is -0.133. The first-order valence-corrected chi connectivity index (χ1v) is 9.51. The second-order valence-corrected chi connectivity index (χ2v) is 6.63. The fourth-order valence-electron chi connectivity index (χ4n) is 3.29. The van der Waals surface area contributed by atoms with Crippen LogP contribution in [0.3, 0.4) is 0 Å². The molecule has 1 aromatic carbocycles. The normalized spacial score (nSPS) is 14.4. The van der Waals surface area contributed by atoms with Crippen molar-refractivity contribution in [2.75, 3.05) is 47.6 Å². The highest BCUT2D eigenvalue weighted by atomic mass is 35.5. The summed E-state index contributed by atoms with van der Waals surface area (Å²) in [6, 6.07) is 3.79. The van der Waals surface area contributed by atoms with E-state index in [2.05, 4.69) is 0 Å². The molecule has 28 heavy (non-hydrogen) atoms. The Balaban J connectivity index is 0.00000392. The van der Waals surface area contributed by atoms with Crippen molar-refractivity contribution in [2.24, 2.45) is 5.73 Å². The molecular formula is C20H33ClN2O5. The first-order chi connectivity index (χ1) is 13.1. The molecule has 1 aliphatic heterocycles. The number of halogens is 1. The quantitative estimate of drug-likeness (QED) is 0.590. The number of likely N-dealkylation sites (tertiary alicyclic amines) is 1. The Morgan fingerprint density at radius 1 is 1.11 bits per heavy atom. The number of piperidine rings is 1. The van der Waals surface area contributed by atoms with Gasteiger partial charge in [0.05, 0.1) is 27.4 Å². The maximum absolute atomic E-state index is 12.6. The van der Waals surface area contributed by atoms with Gasteiger partial charge in [-0.15, -0.1) is 12.4 Å². The van der Waals surface area contributed by atoms with Gasteiger partial charge < -0.3 is 29.6 Å². The van der Waals surface area contributed by atoms with E-state index >= 15 is 0 Å². The summed E-state index contributed by atoms with van der Waals surface area (Å²) in [4.78, 5) is 14.5. The van der Waals surface area contributed by atoms with Crippen LogP contribution in [0.4, 0.5) is 0 Å². The number of rotatable bonds is 10. The lowest BCUT2D eigenvalue weighted by Crippen LogP contribution is -2.41. The summed E-state index contributed by atoms with van der Waals surface area (Å²) in [6.07, 6.45) is 3.99. The van der Waals surface area contributed by atoms with E-state index in [9.17, 15) is 4.79 Å². The minimum absolute atomic E-state index is 0. The van der Waals surface area contributed by atoms with Crippen molar-refractivity contribution in [1.29, 1.82) is 0 Å². The third kappa shape index (κ3) is 6.72. The van der Waals surface area contributed by atoms with Gasteiger partial charge in [-0.2, -0.15) is 0 Å². The summed E-state index contributed by atoms with van der Waals surface area (Å²) in [6.45, 7) is 2.86. The third-order valence-electron chi connectivity index (χ3n) is 4.85. The van der Waals surface area contributed by atoms with E-state index in [0.717, 1.165) is 37.9 Å². The molecule has 0 bridgehead atoms. The van der Waals surface area contributed by atoms with E-state index in [-0.39, 0.29) is 24.4 Å². The lowest BCUT2D eigenvalue weighted by atomic mass is 10.0. The topological polar surface area (TPSA) is 83.2 Å². The highest BCUT2D eigenvalue weighted by molar-refractivity contribution is 5.85. The van der Waals surface area contributed by atoms with Crippen molar-refractivity contribution >= 4 is 18.3 Å². The molecule has 0 spiro atoms. The molecule has 0 atom stereocenters. The van der Waals surface area contributed by atoms with Crippen LogP contribution in [0.2, 0.25) is 0 Å². The van der Waals surface area contributed by atoms with Crippen LogP contribution in [0.5, 0.6) is 17.2 Å². The number of benzene rings is 1. The number of hydrogen-bond donors (Lipinski definition) is 1. The van der Waals surface area contributed by atoms with Crippen molar-refractivity contribution in [3.05, 3.63) is 17.7 Å². The van der Waals surface area contributed by atoms with Gasteiger partial charge in [-0.1, -0.05) is 0 Å². The summed E-state index contributed by atoms with van der Waals surface area (Å²) in [5, 5.41) is 0. The zero-order chi connectivity index (χ0) is 19.6. The second-order valence-electron chi connectivity index (χ2n) is 6.63. The summed E-state index contributed by atoms with van der Waals surface area (Å²) >= 11 is 0. The zero-order valence-electron chi connectivity index (χ0n) is 17.1. The zero-order valence-corrected chi connectivity index (χ0v) is 17.9. The summed E-state index contributed by atoms with van der Waals surface area (Å²) in [5.41, 5.74) is 6.47. The maximum Gasteiger partial charge on any atom is 0.222 e. The summed E-state index contributed by atoms with van der Waals surface area (Å²) in [7, 11) is 4.75. The van der Waals surface area contributed by atoms with E-state index < -0.39 is 0 Å². The van der Waals surface area contributed by atoms with Crippen molar-refractivity contribution < 1.29 is 23.7 Å². The molecule has 0 radical (unpaired) electrons. The number of ether oxygens (including phenoxy) is 4. The number of carbonyl (C=O) groups is 1. The Morgan fingerprint density at radius 3 is 2.21 bits per heavy atom. The molecule has 2 rings (SSSR count). The van der Waals surface area contributed by atoms with Gasteiger partial charge in [0.25, 0.3) is 0 Å². The Labute approximate surface area is 173 Å². The molecule has 0 aromatic heterocycles. The number of nitrogens with two attached hydrogens (primary N) is 1. The molecular weight excluding hydrogens is 384 g/mol. The van der Waals surface area contributed by atoms with Crippen LogP contribution in [0.15, 0.2) is 12.1 Å². The van der Waals surface area contributed by atoms with E-state index in [0.29, 0.717) is 43.2 Å². The van der Waals surface area contributed by atoms with Crippen LogP contribution < -0.4 is 19.9 Å². The fraction of sp³-hybridized carbons (Fsp3) is 0.650. The highest BCUT2D eigenvalue weighted by Gasteiger charge is 2.23. The lowest BCUT2D eigenvalue weighted by Gasteiger charge is -2.32. The Morgan fingerprint density at radius 2 is 1.71 bits per heavy atom. The third-order valence-corrected chi connectivity index (χ3v) is 4.85. The van der Waals surface area contributed by atoms with Crippen LogP contribution in [-0.2, 0) is 16.0 Å². The molecule has 1 heterocycles. The Hall–Kier alpha value is -1.70. The fourth-order valence-corrected chi connectivity index (χ4v) is 3.29. The minimum Gasteiger partial charge on any atom is -0.493 e. The van der Waals surface area contributed by atoms with Gasteiger partial charge in [-0.05, 0) is 49.9 Å². The number of methoxy groups -OCH3 is 3. The molecule has 0 aliphatic carbocycles. The molecule has 0 saturated carbocycles. The predicted molar refractivity (Wildman–Crippen MR) is 111 cm³/mol. The van der Waals surface area contributed by atoms with Gasteiger partial charge in [-0.25, -0.2) is 0 Å². The highest BCUT2D eigenvalue weighted by Crippen LogP contribution is 2.38. The molecule has 8 heteroatoms. The average Bonchev–Trinajstić information content (AvgIpc) is 2.71. The van der Waals surface area contributed by atoms with E-state index in [4.69, 9.17) is 24.7 Å². The number of nitrogens with zero attached hydrogens (tertiary/aromatic N) is 1. The van der Waals surface area contributed by atoms with Gasteiger partial charge in [-0.3, -0.25) is 4.79 Å². The minimum atomic E-state index is 0. The van der Waals surface area contributed by atoms with Crippen LogP contribution >= 0.6 is 12.4 Å². The Bertz CT molecular complexity index is 581. The van der Waals surface area contributed by atoms with E-state index in [1.54, 1.807) is 21.3 Å². The molecule has 1 aliphatic rings. The molecule has 0 unspecified atom stereocenters. The number of aryl methyl sites for hydroxylation is 1. The summed E-state index contributed by atoms with van der Waals surface area (Å²) in [5.74, 6) is 1.94. The standard InChI is InChI=1S/C20H32N2O5.ClH/c1-24-17-13-15(14-18(25-2)20(17)26-3)5-6-19(23)22-10-7-16(8-11-22)27-12-4-9-21;/h13-14,16H,4-12,21H2,1-3H3;1H. The van der Waals surface area contributed by atoms with Crippen molar-refractivity contribution in [1.82, 2.24) is 4.90 Å². The van der Waals surface area contributed by atoms with Gasteiger partial charge in [0.15, 0.2) is 11.5 Å². The van der Waals surface area contributed by atoms with Crippen LogP contribution in [0, 0.1) is 0 Å².